The van der Waals surface area contributed by atoms with Gasteiger partial charge in [0.1, 0.15) is 5.82 Å². The van der Waals surface area contributed by atoms with Gasteiger partial charge in [0.2, 0.25) is 0 Å². The van der Waals surface area contributed by atoms with Crippen molar-refractivity contribution in [3.63, 3.8) is 0 Å². The van der Waals surface area contributed by atoms with Crippen molar-refractivity contribution >= 4 is 15.9 Å². The Balaban J connectivity index is 2.16. The first kappa shape index (κ1) is 15.0. The average molecular weight is 328 g/mol. The highest BCUT2D eigenvalue weighted by Gasteiger charge is 2.29. The van der Waals surface area contributed by atoms with Crippen LogP contribution in [0.3, 0.4) is 0 Å². The molecule has 0 radical (unpaired) electrons. The van der Waals surface area contributed by atoms with Crippen LogP contribution in [-0.4, -0.2) is 12.1 Å². The molecule has 1 nitrogen and oxygen atoms in total. The molecule has 0 aromatic heterocycles. The summed E-state index contributed by atoms with van der Waals surface area (Å²) in [5.41, 5.74) is 1.43. The zero-order valence-corrected chi connectivity index (χ0v) is 13.2. The summed E-state index contributed by atoms with van der Waals surface area (Å²) in [6.07, 6.45) is 8.52. The molecule has 1 heterocycles. The van der Waals surface area contributed by atoms with Gasteiger partial charge in [-0.3, -0.25) is 0 Å². The lowest BCUT2D eigenvalue weighted by Gasteiger charge is -2.34. The fraction of sp³-hybridized carbons (Fsp3) is 0.625. The fourth-order valence-corrected chi connectivity index (χ4v) is 3.60. The number of rotatable bonds is 4. The summed E-state index contributed by atoms with van der Waals surface area (Å²) < 4.78 is 13.9. The molecule has 0 spiro atoms. The Labute approximate surface area is 124 Å². The van der Waals surface area contributed by atoms with Gasteiger partial charge < -0.3 is 5.32 Å². The zero-order chi connectivity index (χ0) is 13.7. The Morgan fingerprint density at radius 2 is 2.16 bits per heavy atom. The first-order valence-electron chi connectivity index (χ1n) is 7.34. The van der Waals surface area contributed by atoms with Crippen molar-refractivity contribution in [2.24, 2.45) is 0 Å². The van der Waals surface area contributed by atoms with E-state index >= 15 is 0 Å². The number of nitrogens with one attached hydrogen (secondary N) is 1. The summed E-state index contributed by atoms with van der Waals surface area (Å²) in [6.45, 7) is 3.36. The molecule has 1 aliphatic heterocycles. The molecule has 1 aromatic carbocycles. The van der Waals surface area contributed by atoms with E-state index in [1.54, 1.807) is 6.07 Å². The summed E-state index contributed by atoms with van der Waals surface area (Å²) >= 11 is 3.29. The van der Waals surface area contributed by atoms with Crippen LogP contribution in [0.15, 0.2) is 22.7 Å². The minimum absolute atomic E-state index is 0.179. The molecule has 1 unspecified atom stereocenters. The smallest absolute Gasteiger partial charge is 0.137 e. The van der Waals surface area contributed by atoms with E-state index in [0.717, 1.165) is 13.0 Å². The summed E-state index contributed by atoms with van der Waals surface area (Å²) in [4.78, 5) is 0. The lowest BCUT2D eigenvalue weighted by molar-refractivity contribution is 0.288. The van der Waals surface area contributed by atoms with Gasteiger partial charge in [0.15, 0.2) is 0 Å². The van der Waals surface area contributed by atoms with Crippen LogP contribution in [0.5, 0.6) is 0 Å². The molecule has 2 rings (SSSR count). The van der Waals surface area contributed by atoms with E-state index in [0.29, 0.717) is 4.47 Å². The van der Waals surface area contributed by atoms with Gasteiger partial charge in [-0.05, 0) is 65.9 Å². The van der Waals surface area contributed by atoms with Crippen molar-refractivity contribution in [1.82, 2.24) is 5.32 Å². The average Bonchev–Trinajstić information content (AvgIpc) is 2.60. The Hall–Kier alpha value is -0.410. The highest BCUT2D eigenvalue weighted by atomic mass is 79.9. The zero-order valence-electron chi connectivity index (χ0n) is 11.6. The lowest BCUT2D eigenvalue weighted by Crippen LogP contribution is -2.46. The molecular formula is C16H23BrFN. The Kier molecular flexibility index (Phi) is 5.40. The standard InChI is InChI=1S/C16H23BrFN/c1-2-8-16(9-4-3-5-10-19-16)12-13-6-7-15(18)14(17)11-13/h6-7,11,19H,2-5,8-10,12H2,1H3. The molecule has 0 bridgehead atoms. The van der Waals surface area contributed by atoms with Crippen LogP contribution in [-0.2, 0) is 6.42 Å². The molecular weight excluding hydrogens is 305 g/mol. The van der Waals surface area contributed by atoms with Gasteiger partial charge in [-0.25, -0.2) is 4.39 Å². The molecule has 0 saturated carbocycles. The van der Waals surface area contributed by atoms with Crippen molar-refractivity contribution in [2.75, 3.05) is 6.54 Å². The van der Waals surface area contributed by atoms with E-state index < -0.39 is 0 Å². The van der Waals surface area contributed by atoms with Gasteiger partial charge in [-0.2, -0.15) is 0 Å². The van der Waals surface area contributed by atoms with Gasteiger partial charge in [-0.1, -0.05) is 32.3 Å². The van der Waals surface area contributed by atoms with Crippen LogP contribution >= 0.6 is 15.9 Å². The molecule has 1 N–H and O–H groups in total. The van der Waals surface area contributed by atoms with Crippen LogP contribution in [0.2, 0.25) is 0 Å². The van der Waals surface area contributed by atoms with E-state index in [4.69, 9.17) is 0 Å². The first-order valence-corrected chi connectivity index (χ1v) is 8.13. The molecule has 0 aliphatic carbocycles. The quantitative estimate of drug-likeness (QED) is 0.834. The van der Waals surface area contributed by atoms with Crippen LogP contribution < -0.4 is 5.32 Å². The predicted molar refractivity (Wildman–Crippen MR) is 81.9 cm³/mol. The highest BCUT2D eigenvalue weighted by molar-refractivity contribution is 9.10. The third kappa shape index (κ3) is 4.03. The first-order chi connectivity index (χ1) is 9.15. The Morgan fingerprint density at radius 3 is 2.89 bits per heavy atom. The second-order valence-corrected chi connectivity index (χ2v) is 6.55. The van der Waals surface area contributed by atoms with Crippen molar-refractivity contribution < 1.29 is 4.39 Å². The molecule has 19 heavy (non-hydrogen) atoms. The molecule has 106 valence electrons. The van der Waals surface area contributed by atoms with Crippen molar-refractivity contribution in [3.8, 4) is 0 Å². The maximum absolute atomic E-state index is 13.3. The predicted octanol–water partition coefficient (Wildman–Crippen LogP) is 4.83. The Bertz CT molecular complexity index is 411. The monoisotopic (exact) mass is 327 g/mol. The molecule has 0 amide bonds. The van der Waals surface area contributed by atoms with Gasteiger partial charge in [0, 0.05) is 5.54 Å². The number of halogens is 2. The SMILES string of the molecule is CCCC1(Cc2ccc(F)c(Br)c2)CCCCCN1. The normalized spacial score (nSPS) is 24.2. The van der Waals surface area contributed by atoms with Gasteiger partial charge in [0.05, 0.1) is 4.47 Å². The number of hydrogen-bond acceptors (Lipinski definition) is 1. The van der Waals surface area contributed by atoms with Gasteiger partial charge >= 0.3 is 0 Å². The number of hydrogen-bond donors (Lipinski definition) is 1. The van der Waals surface area contributed by atoms with E-state index in [9.17, 15) is 4.39 Å². The van der Waals surface area contributed by atoms with E-state index in [1.807, 2.05) is 12.1 Å². The lowest BCUT2D eigenvalue weighted by atomic mass is 9.83. The van der Waals surface area contributed by atoms with E-state index in [2.05, 4.69) is 28.2 Å². The van der Waals surface area contributed by atoms with Crippen molar-refractivity contribution in [2.45, 2.75) is 57.4 Å². The van der Waals surface area contributed by atoms with Crippen LogP contribution in [0.1, 0.15) is 51.0 Å². The topological polar surface area (TPSA) is 12.0 Å². The second-order valence-electron chi connectivity index (χ2n) is 5.69. The molecule has 3 heteroatoms. The number of benzene rings is 1. The Morgan fingerprint density at radius 1 is 1.32 bits per heavy atom. The van der Waals surface area contributed by atoms with Gasteiger partial charge in [-0.15, -0.1) is 0 Å². The molecule has 1 saturated heterocycles. The van der Waals surface area contributed by atoms with Gasteiger partial charge in [0.25, 0.3) is 0 Å². The summed E-state index contributed by atoms with van der Waals surface area (Å²) in [6, 6.07) is 5.42. The second kappa shape index (κ2) is 6.85. The highest BCUT2D eigenvalue weighted by Crippen LogP contribution is 2.29. The minimum Gasteiger partial charge on any atom is -0.311 e. The van der Waals surface area contributed by atoms with Crippen molar-refractivity contribution in [1.29, 1.82) is 0 Å². The van der Waals surface area contributed by atoms with E-state index in [1.165, 1.54) is 44.1 Å². The van der Waals surface area contributed by atoms with Crippen LogP contribution in [0.4, 0.5) is 4.39 Å². The molecule has 1 fully saturated rings. The molecule has 1 atom stereocenters. The summed E-state index contributed by atoms with van der Waals surface area (Å²) in [5.74, 6) is -0.179. The molecule has 1 aromatic rings. The third-order valence-electron chi connectivity index (χ3n) is 4.09. The summed E-state index contributed by atoms with van der Waals surface area (Å²) in [7, 11) is 0. The van der Waals surface area contributed by atoms with Crippen LogP contribution in [0, 0.1) is 5.82 Å². The summed E-state index contributed by atoms with van der Waals surface area (Å²) in [5, 5.41) is 3.77. The maximum atomic E-state index is 13.3. The van der Waals surface area contributed by atoms with Crippen molar-refractivity contribution in [3.05, 3.63) is 34.1 Å². The maximum Gasteiger partial charge on any atom is 0.137 e. The largest absolute Gasteiger partial charge is 0.311 e. The minimum atomic E-state index is -0.179. The van der Waals surface area contributed by atoms with Crippen LogP contribution in [0.25, 0.3) is 0 Å². The third-order valence-corrected chi connectivity index (χ3v) is 4.69. The molecule has 1 aliphatic rings. The fourth-order valence-electron chi connectivity index (χ4n) is 3.18. The van der Waals surface area contributed by atoms with E-state index in [-0.39, 0.29) is 11.4 Å².